The van der Waals surface area contributed by atoms with Crippen LogP contribution in [0.5, 0.6) is 0 Å². The van der Waals surface area contributed by atoms with Crippen LogP contribution in [0.25, 0.3) is 0 Å². The van der Waals surface area contributed by atoms with Gasteiger partial charge in [-0.3, -0.25) is 4.98 Å². The molecule has 1 nitrogen and oxygen atoms in total. The molecule has 0 bridgehead atoms. The van der Waals surface area contributed by atoms with Crippen molar-refractivity contribution in [2.24, 2.45) is 5.92 Å². The Hall–Kier alpha value is -0.850. The fourth-order valence-corrected chi connectivity index (χ4v) is 1.30. The van der Waals surface area contributed by atoms with E-state index in [0.717, 1.165) is 5.92 Å². The second kappa shape index (κ2) is 3.04. The van der Waals surface area contributed by atoms with Crippen LogP contribution in [0, 0.1) is 5.92 Å². The van der Waals surface area contributed by atoms with Crippen LogP contribution in [0.4, 0.5) is 0 Å². The fraction of sp³-hybridized carbons (Fsp3) is 0.500. The summed E-state index contributed by atoms with van der Waals surface area (Å²) < 4.78 is 0. The molecule has 0 atom stereocenters. The van der Waals surface area contributed by atoms with Gasteiger partial charge in [-0.1, -0.05) is 18.9 Å². The Labute approximate surface area is 67.5 Å². The van der Waals surface area contributed by atoms with Crippen LogP contribution >= 0.6 is 0 Å². The van der Waals surface area contributed by atoms with Crippen molar-refractivity contribution in [2.75, 3.05) is 0 Å². The summed E-state index contributed by atoms with van der Waals surface area (Å²) in [4.78, 5) is 4.28. The van der Waals surface area contributed by atoms with Gasteiger partial charge in [0.25, 0.3) is 0 Å². The zero-order valence-electron chi connectivity index (χ0n) is 6.66. The highest BCUT2D eigenvalue weighted by Gasteiger charge is 2.20. The molecule has 58 valence electrons. The number of aryl methyl sites for hydroxylation is 1. The van der Waals surface area contributed by atoms with Crippen molar-refractivity contribution in [1.29, 1.82) is 0 Å². The highest BCUT2D eigenvalue weighted by atomic mass is 14.7. The fourth-order valence-electron chi connectivity index (χ4n) is 1.30. The molecule has 1 fully saturated rings. The van der Waals surface area contributed by atoms with Crippen molar-refractivity contribution in [3.63, 3.8) is 0 Å². The zero-order valence-corrected chi connectivity index (χ0v) is 6.66. The second-order valence-electron chi connectivity index (χ2n) is 3.30. The molecule has 1 heterocycles. The Bertz CT molecular complexity index is 214. The Morgan fingerprint density at radius 1 is 1.36 bits per heavy atom. The average Bonchev–Trinajstić information content (AvgIpc) is 2.86. The summed E-state index contributed by atoms with van der Waals surface area (Å²) in [6.45, 7) is 0. The molecule has 0 radical (unpaired) electrons. The van der Waals surface area contributed by atoms with E-state index in [4.69, 9.17) is 0 Å². The molecule has 0 unspecified atom stereocenters. The first-order valence-corrected chi connectivity index (χ1v) is 4.35. The van der Waals surface area contributed by atoms with Gasteiger partial charge >= 0.3 is 0 Å². The number of hydrogen-bond donors (Lipinski definition) is 0. The number of hydrogen-bond acceptors (Lipinski definition) is 1. The molecule has 0 N–H and O–H groups in total. The van der Waals surface area contributed by atoms with E-state index in [1.165, 1.54) is 31.4 Å². The lowest BCUT2D eigenvalue weighted by molar-refractivity contribution is 0.714. The Kier molecular flexibility index (Phi) is 1.89. The van der Waals surface area contributed by atoms with E-state index in [1.807, 2.05) is 12.3 Å². The van der Waals surface area contributed by atoms with E-state index < -0.39 is 0 Å². The molecule has 1 aliphatic rings. The van der Waals surface area contributed by atoms with Gasteiger partial charge < -0.3 is 0 Å². The van der Waals surface area contributed by atoms with Gasteiger partial charge in [-0.25, -0.2) is 0 Å². The van der Waals surface area contributed by atoms with Crippen LogP contribution in [0.1, 0.15) is 25.0 Å². The molecule has 0 saturated heterocycles. The van der Waals surface area contributed by atoms with Crippen molar-refractivity contribution in [1.82, 2.24) is 4.98 Å². The molecule has 0 amide bonds. The van der Waals surface area contributed by atoms with E-state index in [-0.39, 0.29) is 0 Å². The molecule has 1 aromatic rings. The average molecular weight is 147 g/mol. The van der Waals surface area contributed by atoms with Crippen molar-refractivity contribution in [3.05, 3.63) is 30.1 Å². The van der Waals surface area contributed by atoms with Gasteiger partial charge in [-0.15, -0.1) is 0 Å². The smallest absolute Gasteiger partial charge is 0.0403 e. The van der Waals surface area contributed by atoms with Gasteiger partial charge in [0.15, 0.2) is 0 Å². The lowest BCUT2D eigenvalue weighted by atomic mass is 10.1. The minimum Gasteiger partial charge on any atom is -0.261 e. The van der Waals surface area contributed by atoms with Gasteiger partial charge in [0.2, 0.25) is 0 Å². The van der Waals surface area contributed by atoms with Crippen LogP contribution in [0.2, 0.25) is 0 Å². The SMILES string of the molecule is c1ccc(CCC2CC2)nc1. The first kappa shape index (κ1) is 6.84. The van der Waals surface area contributed by atoms with Crippen LogP contribution in [-0.4, -0.2) is 4.98 Å². The minimum atomic E-state index is 1.03. The van der Waals surface area contributed by atoms with Crippen LogP contribution in [0.3, 0.4) is 0 Å². The lowest BCUT2D eigenvalue weighted by Crippen LogP contribution is -1.89. The molecule has 1 aliphatic carbocycles. The van der Waals surface area contributed by atoms with Crippen LogP contribution in [0.15, 0.2) is 24.4 Å². The van der Waals surface area contributed by atoms with E-state index >= 15 is 0 Å². The van der Waals surface area contributed by atoms with E-state index in [0.29, 0.717) is 0 Å². The number of aromatic nitrogens is 1. The van der Waals surface area contributed by atoms with E-state index in [2.05, 4.69) is 17.1 Å². The molecular formula is C10H13N. The third-order valence-electron chi connectivity index (χ3n) is 2.23. The lowest BCUT2D eigenvalue weighted by Gasteiger charge is -1.96. The topological polar surface area (TPSA) is 12.9 Å². The summed E-state index contributed by atoms with van der Waals surface area (Å²) in [5.41, 5.74) is 1.25. The molecule has 0 aromatic carbocycles. The molecule has 2 rings (SSSR count). The van der Waals surface area contributed by atoms with Gasteiger partial charge in [0, 0.05) is 11.9 Å². The number of nitrogens with zero attached hydrogens (tertiary/aromatic N) is 1. The summed E-state index contributed by atoms with van der Waals surface area (Å²) in [6.07, 6.45) is 7.30. The summed E-state index contributed by atoms with van der Waals surface area (Å²) in [7, 11) is 0. The zero-order chi connectivity index (χ0) is 7.52. The first-order chi connectivity index (χ1) is 5.45. The Morgan fingerprint density at radius 2 is 2.27 bits per heavy atom. The number of pyridine rings is 1. The van der Waals surface area contributed by atoms with Gasteiger partial charge in [0.1, 0.15) is 0 Å². The highest BCUT2D eigenvalue weighted by molar-refractivity contribution is 5.03. The summed E-state index contributed by atoms with van der Waals surface area (Å²) in [5, 5.41) is 0. The minimum absolute atomic E-state index is 1.03. The van der Waals surface area contributed by atoms with Crippen molar-refractivity contribution in [2.45, 2.75) is 25.7 Å². The predicted molar refractivity (Wildman–Crippen MR) is 45.3 cm³/mol. The standard InChI is InChI=1S/C10H13N/c1-2-8-11-10(3-1)7-6-9-4-5-9/h1-3,8-9H,4-7H2. The molecule has 11 heavy (non-hydrogen) atoms. The quantitative estimate of drug-likeness (QED) is 0.639. The normalized spacial score (nSPS) is 16.7. The van der Waals surface area contributed by atoms with Crippen LogP contribution in [-0.2, 0) is 6.42 Å². The largest absolute Gasteiger partial charge is 0.261 e. The summed E-state index contributed by atoms with van der Waals surface area (Å²) in [5.74, 6) is 1.03. The van der Waals surface area contributed by atoms with Crippen molar-refractivity contribution < 1.29 is 0 Å². The molecule has 0 aliphatic heterocycles. The summed E-state index contributed by atoms with van der Waals surface area (Å²) in [6, 6.07) is 6.15. The molecule has 1 aromatic heterocycles. The van der Waals surface area contributed by atoms with Crippen molar-refractivity contribution >= 4 is 0 Å². The van der Waals surface area contributed by atoms with Gasteiger partial charge in [-0.2, -0.15) is 0 Å². The van der Waals surface area contributed by atoms with E-state index in [9.17, 15) is 0 Å². The highest BCUT2D eigenvalue weighted by Crippen LogP contribution is 2.33. The van der Waals surface area contributed by atoms with Gasteiger partial charge in [-0.05, 0) is 30.9 Å². The van der Waals surface area contributed by atoms with Gasteiger partial charge in [0.05, 0.1) is 0 Å². The predicted octanol–water partition coefficient (Wildman–Crippen LogP) is 2.42. The molecule has 1 saturated carbocycles. The first-order valence-electron chi connectivity index (χ1n) is 4.35. The van der Waals surface area contributed by atoms with E-state index in [1.54, 1.807) is 0 Å². The Morgan fingerprint density at radius 3 is 2.91 bits per heavy atom. The van der Waals surface area contributed by atoms with Crippen molar-refractivity contribution in [3.8, 4) is 0 Å². The monoisotopic (exact) mass is 147 g/mol. The maximum absolute atomic E-state index is 4.28. The Balaban J connectivity index is 1.85. The van der Waals surface area contributed by atoms with Crippen LogP contribution < -0.4 is 0 Å². The summed E-state index contributed by atoms with van der Waals surface area (Å²) >= 11 is 0. The number of rotatable bonds is 3. The third kappa shape index (κ3) is 2.04. The molecule has 0 spiro atoms. The second-order valence-corrected chi connectivity index (χ2v) is 3.30. The third-order valence-corrected chi connectivity index (χ3v) is 2.23. The molecule has 1 heteroatoms. The maximum atomic E-state index is 4.28. The molecular weight excluding hydrogens is 134 g/mol. The maximum Gasteiger partial charge on any atom is 0.0403 e.